The molecule has 0 saturated heterocycles. The maximum atomic E-state index is 13.9. The summed E-state index contributed by atoms with van der Waals surface area (Å²) < 4.78 is 93.4. The van der Waals surface area contributed by atoms with Gasteiger partial charge in [-0.15, -0.1) is 0 Å². The number of ether oxygens (including phenoxy) is 1. The molecule has 0 aliphatic rings. The van der Waals surface area contributed by atoms with Gasteiger partial charge in [0, 0.05) is 118 Å². The number of hydrogen-bond acceptors (Lipinski definition) is 13. The van der Waals surface area contributed by atoms with Crippen molar-refractivity contribution in [3.63, 3.8) is 0 Å². The lowest BCUT2D eigenvalue weighted by Gasteiger charge is -2.13. The fourth-order valence-corrected chi connectivity index (χ4v) is 15.1. The Morgan fingerprint density at radius 1 is 0.291 bits per heavy atom. The number of furan rings is 6. The van der Waals surface area contributed by atoms with Gasteiger partial charge in [-0.25, -0.2) is 4.39 Å². The van der Waals surface area contributed by atoms with Crippen LogP contribution in [0.1, 0.15) is 45.7 Å². The van der Waals surface area contributed by atoms with Crippen LogP contribution in [0.4, 0.5) is 17.6 Å². The van der Waals surface area contributed by atoms with Crippen LogP contribution in [-0.2, 0) is 45.4 Å². The number of aryl methyl sites for hydroxylation is 1. The highest BCUT2D eigenvalue weighted by atomic mass is 35.5. The van der Waals surface area contributed by atoms with Crippen LogP contribution in [0, 0.1) is 12.7 Å². The summed E-state index contributed by atoms with van der Waals surface area (Å²) in [6, 6.07) is 78.4. The number of hydrogen-bond donors (Lipinski definition) is 6. The van der Waals surface area contributed by atoms with E-state index in [1.54, 1.807) is 55.6 Å². The zero-order valence-corrected chi connectivity index (χ0v) is 67.8. The molecule has 24 heteroatoms. The first-order valence-corrected chi connectivity index (χ1v) is 39.0. The third kappa shape index (κ3) is 19.4. The summed E-state index contributed by atoms with van der Waals surface area (Å²) in [5.41, 5.74) is 47.6. The molecule has 0 unspecified atom stereocenters. The standard InChI is InChI=1S/C16H11ClF3NO.C16H14ClNO2.C16H14ClNO.C15H11Cl2NO.C15H11ClFNO.C15H12ClNO/c17-10-5-9-6-11(8-21)22-15(9)13(7-10)12-3-1-2-4-14(12)16(18,19)20;1-19-15-5-3-2-4-13(15)14-8-11(17)6-10-7-12(9-18)20-16(10)14;1-10-4-2-3-5-14(10)15-8-12(17)6-11-7-13(9-18)19-16(11)15;2*16-10-5-9-6-11(8-18)19-15(9)13(7-10)12-3-1-2-4-14(12)17;16-12-6-11-7-13(9-17)18-15(11)14(8-12)10-4-2-1-3-5-10/h1-7H,8,21H2;2-8H,9,18H2,1H3;2-8H,9,18H2,1H3;2*1-7H,8,18H2;1-8H,9,17H2. The monoisotopic (exact) mass is 1710 g/mol. The number of para-hydroxylation sites is 1. The van der Waals surface area contributed by atoms with Crippen molar-refractivity contribution >= 4 is 147 Å². The molecule has 0 radical (unpaired) electrons. The van der Waals surface area contributed by atoms with Gasteiger partial charge in [0.15, 0.2) is 0 Å². The molecule has 6 aromatic heterocycles. The Morgan fingerprint density at radius 2 is 0.573 bits per heavy atom. The van der Waals surface area contributed by atoms with E-state index in [9.17, 15) is 17.6 Å². The first-order valence-electron chi connectivity index (χ1n) is 36.4. The molecule has 0 aliphatic heterocycles. The second kappa shape index (κ2) is 37.6. The highest BCUT2D eigenvalue weighted by Gasteiger charge is 2.34. The van der Waals surface area contributed by atoms with Gasteiger partial charge in [0.2, 0.25) is 0 Å². The summed E-state index contributed by atoms with van der Waals surface area (Å²) in [5, 5.41) is 9.55. The van der Waals surface area contributed by atoms with E-state index in [4.69, 9.17) is 147 Å². The number of methoxy groups -OCH3 is 1. The maximum absolute atomic E-state index is 13.9. The Labute approximate surface area is 704 Å². The van der Waals surface area contributed by atoms with E-state index in [1.165, 1.54) is 29.8 Å². The first-order chi connectivity index (χ1) is 56.5. The zero-order chi connectivity index (χ0) is 82.8. The number of nitrogens with two attached hydrogens (primary N) is 6. The second-order valence-electron chi connectivity index (χ2n) is 26.6. The fourth-order valence-electron chi connectivity index (χ4n) is 13.5. The molecular formula is C93H73Cl7F4N6O7. The molecule has 0 aliphatic carbocycles. The van der Waals surface area contributed by atoms with E-state index < -0.39 is 11.7 Å². The van der Waals surface area contributed by atoms with Crippen molar-refractivity contribution in [2.45, 2.75) is 52.4 Å². The predicted octanol–water partition coefficient (Wildman–Crippen LogP) is 27.4. The topological polar surface area (TPSA) is 244 Å². The molecular weight excluding hydrogens is 1640 g/mol. The average molecular weight is 1710 g/mol. The van der Waals surface area contributed by atoms with Crippen molar-refractivity contribution in [3.05, 3.63) is 348 Å². The SMILES string of the molecule is COc1ccccc1-c1cc(Cl)cc2cc(CN)oc12.Cc1ccccc1-c1cc(Cl)cc2cc(CN)oc12.NCc1cc2cc(Cl)cc(-c3ccccc3)c2o1.NCc1cc2cc(Cl)cc(-c3ccccc3C(F)(F)F)c2o1.NCc1cc2cc(Cl)cc(-c3ccccc3Cl)c2o1.NCc1cc2cc(Cl)cc(-c3ccccc3F)c2o1. The molecule has 18 aromatic rings. The van der Waals surface area contributed by atoms with E-state index >= 15 is 0 Å². The zero-order valence-electron chi connectivity index (χ0n) is 62.5. The lowest BCUT2D eigenvalue weighted by Crippen LogP contribution is -2.06. The molecule has 0 bridgehead atoms. The third-order valence-electron chi connectivity index (χ3n) is 18.8. The Bertz CT molecular complexity index is 6270. The van der Waals surface area contributed by atoms with Gasteiger partial charge >= 0.3 is 6.18 Å². The molecule has 0 spiro atoms. The van der Waals surface area contributed by atoms with Gasteiger partial charge in [-0.1, -0.05) is 209 Å². The van der Waals surface area contributed by atoms with Gasteiger partial charge in [0.25, 0.3) is 0 Å². The van der Waals surface area contributed by atoms with E-state index in [1.807, 2.05) is 170 Å². The van der Waals surface area contributed by atoms with E-state index in [2.05, 4.69) is 19.1 Å². The van der Waals surface area contributed by atoms with Crippen molar-refractivity contribution < 1.29 is 48.8 Å². The Balaban J connectivity index is 0.000000122. The summed E-state index contributed by atoms with van der Waals surface area (Å²) >= 11 is 43.1. The number of benzene rings is 12. The summed E-state index contributed by atoms with van der Waals surface area (Å²) in [5.74, 6) is 4.61. The van der Waals surface area contributed by atoms with E-state index in [0.717, 1.165) is 129 Å². The summed E-state index contributed by atoms with van der Waals surface area (Å²) in [4.78, 5) is 0. The molecule has 12 N–H and O–H groups in total. The van der Waals surface area contributed by atoms with Crippen molar-refractivity contribution in [1.82, 2.24) is 0 Å². The molecule has 12 aromatic carbocycles. The quantitative estimate of drug-likeness (QED) is 0.0589. The summed E-state index contributed by atoms with van der Waals surface area (Å²) in [6.07, 6.45) is -4.46. The number of alkyl halides is 3. The Hall–Kier alpha value is -10.8. The molecule has 0 amide bonds. The molecule has 13 nitrogen and oxygen atoms in total. The highest BCUT2D eigenvalue weighted by Crippen LogP contribution is 2.45. The number of rotatable bonds is 13. The minimum Gasteiger partial charge on any atom is -0.496 e. The smallest absolute Gasteiger partial charge is 0.417 e. The van der Waals surface area contributed by atoms with Crippen LogP contribution >= 0.6 is 81.2 Å². The fraction of sp³-hybridized carbons (Fsp3) is 0.0968. The normalized spacial score (nSPS) is 11.2. The van der Waals surface area contributed by atoms with E-state index in [-0.39, 0.29) is 17.9 Å². The molecule has 117 heavy (non-hydrogen) atoms. The van der Waals surface area contributed by atoms with Crippen molar-refractivity contribution in [3.8, 4) is 72.5 Å². The van der Waals surface area contributed by atoms with Crippen LogP contribution in [0.3, 0.4) is 0 Å². The average Bonchev–Trinajstić information content (AvgIpc) is 1.69. The van der Waals surface area contributed by atoms with Crippen molar-refractivity contribution in [2.75, 3.05) is 7.11 Å². The largest absolute Gasteiger partial charge is 0.496 e. The molecule has 6 heterocycles. The Kier molecular flexibility index (Phi) is 27.1. The van der Waals surface area contributed by atoms with Crippen LogP contribution in [0.2, 0.25) is 35.2 Å². The van der Waals surface area contributed by atoms with Gasteiger partial charge in [-0.2, -0.15) is 13.2 Å². The van der Waals surface area contributed by atoms with Gasteiger partial charge in [-0.3, -0.25) is 0 Å². The molecule has 594 valence electrons. The van der Waals surface area contributed by atoms with Crippen molar-refractivity contribution in [2.24, 2.45) is 34.4 Å². The van der Waals surface area contributed by atoms with Gasteiger partial charge < -0.3 is 65.6 Å². The highest BCUT2D eigenvalue weighted by molar-refractivity contribution is 6.35. The van der Waals surface area contributed by atoms with Crippen LogP contribution < -0.4 is 39.1 Å². The summed E-state index contributed by atoms with van der Waals surface area (Å²) in [7, 11) is 1.65. The minimum atomic E-state index is -4.46. The summed E-state index contributed by atoms with van der Waals surface area (Å²) in [6.45, 7) is 4.02. The predicted molar refractivity (Wildman–Crippen MR) is 469 cm³/mol. The maximum Gasteiger partial charge on any atom is 0.417 e. The second-order valence-corrected chi connectivity index (χ2v) is 29.6. The molecule has 0 saturated carbocycles. The van der Waals surface area contributed by atoms with Crippen molar-refractivity contribution in [1.29, 1.82) is 0 Å². The van der Waals surface area contributed by atoms with Crippen LogP contribution in [0.5, 0.6) is 5.75 Å². The number of halogens is 11. The first kappa shape index (κ1) is 84.1. The van der Waals surface area contributed by atoms with Crippen LogP contribution in [0.25, 0.3) is 133 Å². The molecule has 18 rings (SSSR count). The van der Waals surface area contributed by atoms with E-state index in [0.29, 0.717) is 113 Å². The van der Waals surface area contributed by atoms with Gasteiger partial charge in [0.05, 0.1) is 51.9 Å². The van der Waals surface area contributed by atoms with Crippen LogP contribution in [-0.4, -0.2) is 7.11 Å². The lowest BCUT2D eigenvalue weighted by molar-refractivity contribution is -0.137. The number of fused-ring (bicyclic) bond motifs is 6. The van der Waals surface area contributed by atoms with Gasteiger partial charge in [0.1, 0.15) is 79.6 Å². The third-order valence-corrected chi connectivity index (χ3v) is 20.4. The Morgan fingerprint density at radius 3 is 0.940 bits per heavy atom. The minimum absolute atomic E-state index is 0.0282. The van der Waals surface area contributed by atoms with Crippen LogP contribution in [0.15, 0.2) is 287 Å². The lowest BCUT2D eigenvalue weighted by atomic mass is 9.98. The van der Waals surface area contributed by atoms with Gasteiger partial charge in [-0.05, 0) is 163 Å². The molecule has 0 fully saturated rings. The molecule has 0 atom stereocenters.